The van der Waals surface area contributed by atoms with E-state index in [1.54, 1.807) is 6.07 Å². The van der Waals surface area contributed by atoms with Gasteiger partial charge in [0.15, 0.2) is 0 Å². The summed E-state index contributed by atoms with van der Waals surface area (Å²) in [5.74, 6) is 2.76. The van der Waals surface area contributed by atoms with Gasteiger partial charge in [-0.2, -0.15) is 0 Å². The lowest BCUT2D eigenvalue weighted by atomic mass is 9.88. The highest BCUT2D eigenvalue weighted by atomic mass is 16.5. The summed E-state index contributed by atoms with van der Waals surface area (Å²) in [5.41, 5.74) is 3.93. The number of phenolic OH excluding ortho intramolecular Hbond substituents is 1. The fourth-order valence-corrected chi connectivity index (χ4v) is 3.78. The Labute approximate surface area is 172 Å². The number of allylic oxidation sites excluding steroid dienone is 1. The van der Waals surface area contributed by atoms with Crippen molar-refractivity contribution in [1.82, 2.24) is 0 Å². The van der Waals surface area contributed by atoms with Gasteiger partial charge in [0, 0.05) is 17.5 Å². The van der Waals surface area contributed by atoms with Gasteiger partial charge >= 0.3 is 0 Å². The van der Waals surface area contributed by atoms with Crippen molar-refractivity contribution in [3.05, 3.63) is 64.7 Å². The molecule has 0 aliphatic carbocycles. The molecule has 0 fully saturated rings. The van der Waals surface area contributed by atoms with E-state index in [1.165, 1.54) is 5.57 Å². The van der Waals surface area contributed by atoms with Crippen LogP contribution in [0.2, 0.25) is 0 Å². The van der Waals surface area contributed by atoms with Crippen LogP contribution in [0.1, 0.15) is 50.3 Å². The summed E-state index contributed by atoms with van der Waals surface area (Å²) in [4.78, 5) is 0. The fraction of sp³-hybridized carbons (Fsp3) is 0.360. The molecule has 4 rings (SSSR count). The lowest BCUT2D eigenvalue weighted by Gasteiger charge is -2.32. The Morgan fingerprint density at radius 3 is 2.83 bits per heavy atom. The Hall–Kier alpha value is -2.88. The number of rotatable bonds is 4. The van der Waals surface area contributed by atoms with E-state index in [0.29, 0.717) is 19.0 Å². The minimum Gasteiger partial charge on any atom is -0.508 e. The quantitative estimate of drug-likeness (QED) is 0.684. The number of hydrogen-bond acceptors (Lipinski definition) is 4. The van der Waals surface area contributed by atoms with E-state index in [-0.39, 0.29) is 17.3 Å². The van der Waals surface area contributed by atoms with E-state index in [2.05, 4.69) is 18.2 Å². The molecule has 29 heavy (non-hydrogen) atoms. The Balaban J connectivity index is 1.53. The maximum absolute atomic E-state index is 10.6. The lowest BCUT2D eigenvalue weighted by molar-refractivity contribution is 0.157. The first kappa shape index (κ1) is 19.4. The average Bonchev–Trinajstić information content (AvgIpc) is 2.66. The predicted octanol–water partition coefficient (Wildman–Crippen LogP) is 5.64. The van der Waals surface area contributed by atoms with E-state index >= 15 is 0 Å². The Morgan fingerprint density at radius 2 is 2.07 bits per heavy atom. The molecule has 1 N–H and O–H groups in total. The summed E-state index contributed by atoms with van der Waals surface area (Å²) in [5, 5.41) is 10.6. The molecule has 2 aliphatic rings. The highest BCUT2D eigenvalue weighted by Gasteiger charge is 2.30. The van der Waals surface area contributed by atoms with Gasteiger partial charge in [0.05, 0.1) is 12.2 Å². The summed E-state index contributed by atoms with van der Waals surface area (Å²) in [7, 11) is 0. The second kappa shape index (κ2) is 7.51. The van der Waals surface area contributed by atoms with Crippen LogP contribution >= 0.6 is 0 Å². The van der Waals surface area contributed by atoms with Crippen molar-refractivity contribution in [2.75, 3.05) is 13.2 Å². The minimum atomic E-state index is -0.306. The van der Waals surface area contributed by atoms with Crippen molar-refractivity contribution < 1.29 is 19.3 Å². The van der Waals surface area contributed by atoms with Gasteiger partial charge in [0.2, 0.25) is 0 Å². The molecular weight excluding hydrogens is 364 g/mol. The number of fused-ring (bicyclic) bond motifs is 3. The first-order valence-corrected chi connectivity index (χ1v) is 10.1. The zero-order valence-electron chi connectivity index (χ0n) is 17.5. The fourth-order valence-electron chi connectivity index (χ4n) is 3.78. The molecule has 2 heterocycles. The zero-order chi connectivity index (χ0) is 20.6. The maximum Gasteiger partial charge on any atom is 0.133 e. The zero-order valence-corrected chi connectivity index (χ0v) is 17.5. The monoisotopic (exact) mass is 392 g/mol. The second-order valence-corrected chi connectivity index (χ2v) is 8.53. The number of ether oxygens (including phenoxy) is 3. The largest absolute Gasteiger partial charge is 0.508 e. The molecule has 0 bridgehead atoms. The van der Waals surface area contributed by atoms with Gasteiger partial charge in [0.1, 0.15) is 35.2 Å². The summed E-state index contributed by atoms with van der Waals surface area (Å²) in [6.07, 6.45) is 6.97. The highest BCUT2D eigenvalue weighted by Crippen LogP contribution is 2.44. The molecule has 0 radical (unpaired) electrons. The number of phenols is 1. The molecule has 2 aromatic rings. The first-order valence-electron chi connectivity index (χ1n) is 10.1. The molecule has 0 aromatic heterocycles. The van der Waals surface area contributed by atoms with Crippen molar-refractivity contribution >= 4 is 6.08 Å². The molecule has 4 heteroatoms. The van der Waals surface area contributed by atoms with Gasteiger partial charge in [-0.3, -0.25) is 0 Å². The van der Waals surface area contributed by atoms with Crippen molar-refractivity contribution in [1.29, 1.82) is 0 Å². The molecule has 0 spiro atoms. The third kappa shape index (κ3) is 4.12. The van der Waals surface area contributed by atoms with Crippen LogP contribution < -0.4 is 14.2 Å². The highest BCUT2D eigenvalue weighted by molar-refractivity contribution is 5.69. The van der Waals surface area contributed by atoms with Crippen LogP contribution in [0.5, 0.6) is 23.0 Å². The molecule has 0 saturated carbocycles. The Bertz CT molecular complexity index is 981. The number of benzene rings is 2. The van der Waals surface area contributed by atoms with Gasteiger partial charge < -0.3 is 19.3 Å². The van der Waals surface area contributed by atoms with E-state index in [4.69, 9.17) is 14.2 Å². The summed E-state index contributed by atoms with van der Waals surface area (Å²) in [6, 6.07) is 9.63. The van der Waals surface area contributed by atoms with E-state index in [0.717, 1.165) is 34.6 Å². The van der Waals surface area contributed by atoms with Gasteiger partial charge in [-0.25, -0.2) is 0 Å². The van der Waals surface area contributed by atoms with E-state index < -0.39 is 0 Å². The van der Waals surface area contributed by atoms with Gasteiger partial charge in [0.25, 0.3) is 0 Å². The molecule has 152 valence electrons. The van der Waals surface area contributed by atoms with Gasteiger partial charge in [-0.15, -0.1) is 0 Å². The van der Waals surface area contributed by atoms with Crippen LogP contribution in [-0.4, -0.2) is 23.9 Å². The van der Waals surface area contributed by atoms with Crippen LogP contribution in [0, 0.1) is 0 Å². The average molecular weight is 392 g/mol. The normalized spacial score (nSPS) is 18.7. The first-order chi connectivity index (χ1) is 13.8. The van der Waals surface area contributed by atoms with Crippen molar-refractivity contribution in [3.8, 4) is 23.0 Å². The van der Waals surface area contributed by atoms with Crippen molar-refractivity contribution in [3.63, 3.8) is 0 Å². The van der Waals surface area contributed by atoms with Gasteiger partial charge in [-0.1, -0.05) is 17.7 Å². The van der Waals surface area contributed by atoms with Crippen molar-refractivity contribution in [2.24, 2.45) is 0 Å². The summed E-state index contributed by atoms with van der Waals surface area (Å²) < 4.78 is 17.9. The molecule has 4 nitrogen and oxygen atoms in total. The predicted molar refractivity (Wildman–Crippen MR) is 115 cm³/mol. The molecule has 0 saturated heterocycles. The molecule has 0 unspecified atom stereocenters. The van der Waals surface area contributed by atoms with E-state index in [9.17, 15) is 5.11 Å². The number of aromatic hydroxyl groups is 1. The lowest BCUT2D eigenvalue weighted by Crippen LogP contribution is -2.28. The van der Waals surface area contributed by atoms with Crippen LogP contribution in [-0.2, 0) is 6.42 Å². The smallest absolute Gasteiger partial charge is 0.133 e. The molecule has 1 atom stereocenters. The molecule has 0 amide bonds. The molecular formula is C25H28O4. The van der Waals surface area contributed by atoms with Crippen LogP contribution in [0.25, 0.3) is 6.08 Å². The topological polar surface area (TPSA) is 47.9 Å². The second-order valence-electron chi connectivity index (χ2n) is 8.53. The van der Waals surface area contributed by atoms with Gasteiger partial charge in [-0.05, 0) is 70.0 Å². The summed E-state index contributed by atoms with van der Waals surface area (Å²) >= 11 is 0. The third-order valence-electron chi connectivity index (χ3n) is 5.34. The van der Waals surface area contributed by atoms with Crippen LogP contribution in [0.4, 0.5) is 0 Å². The Kier molecular flexibility index (Phi) is 5.03. The molecule has 2 aliphatic heterocycles. The van der Waals surface area contributed by atoms with E-state index in [1.807, 2.05) is 52.0 Å². The standard InChI is InChI=1S/C25H28O4/c1-16(2)10-12-27-19-6-7-20(22(26)14-19)18-13-17-5-8-23-21(24(17)28-15-18)9-11-25(3,4)29-23/h5-11,14,18,26H,12-13,15H2,1-4H3/t18-/m0/s1. The summed E-state index contributed by atoms with van der Waals surface area (Å²) in [6.45, 7) is 9.16. The Morgan fingerprint density at radius 1 is 1.24 bits per heavy atom. The SMILES string of the molecule is CC(C)=CCOc1ccc([C@@H]2COc3c(ccc4c3C=CC(C)(C)O4)C2)c(O)c1. The number of hydrogen-bond donors (Lipinski definition) is 1. The minimum absolute atomic E-state index is 0.0947. The molecule has 2 aromatic carbocycles. The maximum atomic E-state index is 10.6. The van der Waals surface area contributed by atoms with Crippen LogP contribution in [0.15, 0.2) is 48.1 Å². The van der Waals surface area contributed by atoms with Crippen LogP contribution in [0.3, 0.4) is 0 Å². The third-order valence-corrected chi connectivity index (χ3v) is 5.34. The van der Waals surface area contributed by atoms with Crippen molar-refractivity contribution in [2.45, 2.75) is 45.6 Å².